The van der Waals surface area contributed by atoms with Gasteiger partial charge in [-0.3, -0.25) is 0 Å². The largest absolute Gasteiger partial charge is 0.472 e. The Hall–Kier alpha value is -1.07. The number of halogens is 11. The van der Waals surface area contributed by atoms with Crippen LogP contribution in [0.25, 0.3) is 0 Å². The maximum atomic E-state index is 12.9. The fraction of sp³-hybridized carbons (Fsp3) is 0.750. The van der Waals surface area contributed by atoms with E-state index in [-0.39, 0.29) is 0 Å². The van der Waals surface area contributed by atoms with E-state index in [9.17, 15) is 48.3 Å². The first-order valence-corrected chi connectivity index (χ1v) is 4.56. The number of allylic oxidation sites excluding steroid dienone is 2. The number of hydrogen-bond acceptors (Lipinski definition) is 1. The molecule has 1 unspecified atom stereocenters. The molecule has 0 aliphatic carbocycles. The first kappa shape index (κ1) is 18.9. The summed E-state index contributed by atoms with van der Waals surface area (Å²) in [6.45, 7) is 0.782. The highest BCUT2D eigenvalue weighted by molar-refractivity contribution is 5.02. The third-order valence-electron chi connectivity index (χ3n) is 1.84. The van der Waals surface area contributed by atoms with Gasteiger partial charge in [0.25, 0.3) is 0 Å². The zero-order valence-corrected chi connectivity index (χ0v) is 9.34. The van der Waals surface area contributed by atoms with Crippen molar-refractivity contribution in [2.24, 2.45) is 0 Å². The molecule has 0 aromatic carbocycles. The Bertz CT molecular complexity index is 338. The van der Waals surface area contributed by atoms with Crippen molar-refractivity contribution in [2.75, 3.05) is 0 Å². The van der Waals surface area contributed by atoms with Crippen molar-refractivity contribution in [1.29, 1.82) is 0 Å². The average Bonchev–Trinajstić information content (AvgIpc) is 2.10. The molecule has 0 heterocycles. The van der Waals surface area contributed by atoms with Gasteiger partial charge in [0.1, 0.15) is 0 Å². The van der Waals surface area contributed by atoms with Gasteiger partial charge in [0.2, 0.25) is 6.17 Å². The van der Waals surface area contributed by atoms with Gasteiger partial charge in [-0.15, -0.1) is 0 Å². The van der Waals surface area contributed by atoms with Crippen molar-refractivity contribution in [2.45, 2.75) is 37.7 Å². The Morgan fingerprint density at radius 2 is 1.15 bits per heavy atom. The first-order valence-electron chi connectivity index (χ1n) is 4.56. The fourth-order valence-electron chi connectivity index (χ4n) is 1.13. The predicted molar refractivity (Wildman–Crippen MR) is 43.6 cm³/mol. The van der Waals surface area contributed by atoms with Crippen LogP contribution in [-0.2, 0) is 0 Å². The highest BCUT2D eigenvalue weighted by Crippen LogP contribution is 2.47. The van der Waals surface area contributed by atoms with E-state index in [0.717, 1.165) is 6.92 Å². The smallest absolute Gasteiger partial charge is 0.232 e. The van der Waals surface area contributed by atoms with Gasteiger partial charge in [0, 0.05) is 0 Å². The third kappa shape index (κ3) is 3.96. The minimum atomic E-state index is -6.81. The van der Waals surface area contributed by atoms with Gasteiger partial charge in [-0.05, 0) is 13.0 Å². The summed E-state index contributed by atoms with van der Waals surface area (Å²) < 4.78 is 136. The summed E-state index contributed by atoms with van der Waals surface area (Å²) in [4.78, 5) is -3.50. The summed E-state index contributed by atoms with van der Waals surface area (Å²) in [6, 6.07) is -6.56. The minimum absolute atomic E-state index is 0.300. The zero-order chi connectivity index (χ0) is 16.6. The normalized spacial score (nSPS) is 17.1. The van der Waals surface area contributed by atoms with Gasteiger partial charge in [-0.25, -0.2) is 4.39 Å². The second kappa shape index (κ2) is 5.37. The molecular formula is C8H6F11N. The van der Waals surface area contributed by atoms with Crippen molar-refractivity contribution < 1.29 is 48.3 Å². The summed E-state index contributed by atoms with van der Waals surface area (Å²) in [5.74, 6) is -5.23. The third-order valence-corrected chi connectivity index (χ3v) is 1.84. The zero-order valence-electron chi connectivity index (χ0n) is 9.34. The molecule has 1 atom stereocenters. The molecule has 0 saturated carbocycles. The first-order chi connectivity index (χ1) is 8.58. The fourth-order valence-corrected chi connectivity index (χ4v) is 1.13. The molecule has 0 spiro atoms. The van der Waals surface area contributed by atoms with Gasteiger partial charge in [0.05, 0.1) is 0 Å². The molecule has 0 amide bonds. The second-order valence-electron chi connectivity index (χ2n) is 3.40. The molecule has 0 aromatic rings. The van der Waals surface area contributed by atoms with Crippen LogP contribution in [0.5, 0.6) is 0 Å². The lowest BCUT2D eigenvalue weighted by Gasteiger charge is -2.36. The molecule has 1 nitrogen and oxygen atoms in total. The molecule has 0 radical (unpaired) electrons. The Balaban J connectivity index is 5.79. The predicted octanol–water partition coefficient (Wildman–Crippen LogP) is 4.47. The monoisotopic (exact) mass is 325 g/mol. The van der Waals surface area contributed by atoms with Crippen molar-refractivity contribution >= 4 is 0 Å². The summed E-state index contributed by atoms with van der Waals surface area (Å²) in [7, 11) is 0. The maximum absolute atomic E-state index is 12.9. The second-order valence-corrected chi connectivity index (χ2v) is 3.40. The highest BCUT2D eigenvalue weighted by Gasteiger charge is 2.72. The van der Waals surface area contributed by atoms with E-state index in [4.69, 9.17) is 0 Å². The lowest BCUT2D eigenvalue weighted by atomic mass is 10.1. The Morgan fingerprint density at radius 3 is 1.40 bits per heavy atom. The topological polar surface area (TPSA) is 3.24 Å². The van der Waals surface area contributed by atoms with E-state index in [1.807, 2.05) is 0 Å². The van der Waals surface area contributed by atoms with Crippen LogP contribution in [-0.4, -0.2) is 35.6 Å². The van der Waals surface area contributed by atoms with E-state index in [0.29, 0.717) is 6.08 Å². The van der Waals surface area contributed by atoms with E-state index >= 15 is 0 Å². The SMILES string of the molecule is C/C=C\C(F)(F)C(F)C(F)(F)N(C(F)(F)F)C(F)(F)F. The molecule has 12 heteroatoms. The number of nitrogens with zero attached hydrogens (tertiary/aromatic N) is 1. The van der Waals surface area contributed by atoms with Crippen LogP contribution in [0.3, 0.4) is 0 Å². The standard InChI is InChI=1S/C8H6F11N/c1-2-3-5(10,11)4(9)6(12,13)20(7(14,15)16)8(17,18)19/h2-4H,1H3/b3-2-. The summed E-state index contributed by atoms with van der Waals surface area (Å²) >= 11 is 0. The Morgan fingerprint density at radius 1 is 0.800 bits per heavy atom. The summed E-state index contributed by atoms with van der Waals surface area (Å²) in [5.41, 5.74) is 0. The van der Waals surface area contributed by atoms with E-state index in [2.05, 4.69) is 0 Å². The van der Waals surface area contributed by atoms with Gasteiger partial charge < -0.3 is 0 Å². The van der Waals surface area contributed by atoms with Gasteiger partial charge in [-0.1, -0.05) is 11.0 Å². The van der Waals surface area contributed by atoms with Crippen LogP contribution in [0.4, 0.5) is 48.3 Å². The van der Waals surface area contributed by atoms with Gasteiger partial charge in [-0.2, -0.15) is 43.9 Å². The molecule has 0 bridgehead atoms. The van der Waals surface area contributed by atoms with Crippen molar-refractivity contribution in [3.05, 3.63) is 12.2 Å². The lowest BCUT2D eigenvalue weighted by Crippen LogP contribution is -2.64. The highest BCUT2D eigenvalue weighted by atomic mass is 19.4. The van der Waals surface area contributed by atoms with Crippen LogP contribution >= 0.6 is 0 Å². The molecule has 0 N–H and O–H groups in total. The minimum Gasteiger partial charge on any atom is -0.232 e. The van der Waals surface area contributed by atoms with Crippen LogP contribution in [0, 0.1) is 0 Å². The number of hydrogen-bond donors (Lipinski definition) is 0. The maximum Gasteiger partial charge on any atom is 0.472 e. The number of alkyl halides is 11. The quantitative estimate of drug-likeness (QED) is 0.419. The molecule has 0 aliphatic rings. The Labute approximate surface area is 104 Å². The molecule has 0 aliphatic heterocycles. The molecule has 0 saturated heterocycles. The van der Waals surface area contributed by atoms with Crippen LogP contribution in [0.2, 0.25) is 0 Å². The molecule has 0 rings (SSSR count). The van der Waals surface area contributed by atoms with Gasteiger partial charge in [0.15, 0.2) is 0 Å². The van der Waals surface area contributed by atoms with Crippen molar-refractivity contribution in [1.82, 2.24) is 4.90 Å². The summed E-state index contributed by atoms with van der Waals surface area (Å²) in [6.07, 6.45) is -18.9. The van der Waals surface area contributed by atoms with Crippen LogP contribution in [0.15, 0.2) is 12.2 Å². The summed E-state index contributed by atoms with van der Waals surface area (Å²) in [5, 5.41) is 0. The molecule has 0 aromatic heterocycles. The van der Waals surface area contributed by atoms with E-state index in [1.54, 1.807) is 0 Å². The average molecular weight is 325 g/mol. The molecule has 120 valence electrons. The van der Waals surface area contributed by atoms with Crippen molar-refractivity contribution in [3.8, 4) is 0 Å². The van der Waals surface area contributed by atoms with Gasteiger partial charge >= 0.3 is 24.6 Å². The Kier molecular flexibility index (Phi) is 5.08. The van der Waals surface area contributed by atoms with E-state index < -0.39 is 41.7 Å². The molecule has 0 fully saturated rings. The lowest BCUT2D eigenvalue weighted by molar-refractivity contribution is -0.453. The van der Waals surface area contributed by atoms with E-state index in [1.165, 1.54) is 0 Å². The molecular weight excluding hydrogens is 319 g/mol. The van der Waals surface area contributed by atoms with Crippen LogP contribution in [0.1, 0.15) is 6.92 Å². The van der Waals surface area contributed by atoms with Crippen molar-refractivity contribution in [3.63, 3.8) is 0 Å². The van der Waals surface area contributed by atoms with Crippen LogP contribution < -0.4 is 0 Å². The number of rotatable bonds is 4. The molecule has 20 heavy (non-hydrogen) atoms.